The number of carboxylic acid groups (broad SMARTS) is 1. The molecule has 0 heterocycles. The van der Waals surface area contributed by atoms with Crippen molar-refractivity contribution in [2.24, 2.45) is 0 Å². The Kier molecular flexibility index (Phi) is 22.2. The molecule has 0 aliphatic heterocycles. The number of hydrogen-bond acceptors (Lipinski definition) is 5. The first-order chi connectivity index (χ1) is 3.64. The Balaban J connectivity index is -0.000000109. The Morgan fingerprint density at radius 2 is 1.67 bits per heavy atom. The van der Waals surface area contributed by atoms with Gasteiger partial charge in [-0.1, -0.05) is 0 Å². The second-order valence-corrected chi connectivity index (χ2v) is 1.69. The molecule has 56 valence electrons. The van der Waals surface area contributed by atoms with Crippen LogP contribution in [0.15, 0.2) is 0 Å². The van der Waals surface area contributed by atoms with Crippen LogP contribution in [0, 0.1) is 0 Å². The molecule has 0 fully saturated rings. The van der Waals surface area contributed by atoms with E-state index in [1.165, 1.54) is 18.0 Å². The minimum absolute atomic E-state index is 0. The normalized spacial score (nSPS) is 5.56. The fourth-order valence-corrected chi connectivity index (χ4v) is 0. The summed E-state index contributed by atoms with van der Waals surface area (Å²) in [6.45, 7) is 0. The van der Waals surface area contributed by atoms with Crippen LogP contribution in [0.3, 0.4) is 0 Å². The molecule has 0 spiro atoms. The van der Waals surface area contributed by atoms with Gasteiger partial charge in [0, 0.05) is 0 Å². The zero-order valence-electron chi connectivity index (χ0n) is 3.96. The standard InChI is InChI=1S/CH3NO2S2.Mo.H2S.S/c3-1(4)2(5)6;;;/h5-6H,(H,3,4);;1H2;/p-1. The molecule has 0 saturated heterocycles. The number of carbonyl (C=O) groups is 1. The monoisotopic (exact) mass is 288 g/mol. The second-order valence-electron chi connectivity index (χ2n) is 0.572. The van der Waals surface area contributed by atoms with Gasteiger partial charge < -0.3 is 18.6 Å². The maximum absolute atomic E-state index is 9.47. The molecular weight excluding hydrogens is 282 g/mol. The van der Waals surface area contributed by atoms with Crippen LogP contribution in [0.5, 0.6) is 0 Å². The van der Waals surface area contributed by atoms with Crippen molar-refractivity contribution in [3.05, 3.63) is 0 Å². The molecule has 0 radical (unpaired) electrons. The van der Waals surface area contributed by atoms with Crippen molar-refractivity contribution >= 4 is 55.0 Å². The Morgan fingerprint density at radius 1 is 1.56 bits per heavy atom. The first-order valence-corrected chi connectivity index (χ1v) is 4.81. The van der Waals surface area contributed by atoms with Crippen LogP contribution in [0.4, 0.5) is 4.79 Å². The van der Waals surface area contributed by atoms with E-state index >= 15 is 0 Å². The maximum atomic E-state index is 9.47. The molecule has 9 heavy (non-hydrogen) atoms. The molecule has 0 rings (SSSR count). The van der Waals surface area contributed by atoms with Gasteiger partial charge >= 0.3 is 33.9 Å². The Labute approximate surface area is 86.1 Å². The van der Waals surface area contributed by atoms with E-state index in [1.54, 1.807) is 0 Å². The third-order valence-corrected chi connectivity index (χ3v) is 0.513. The molecule has 0 aromatic heterocycles. The molecule has 0 aliphatic rings. The molecule has 0 unspecified atom stereocenters. The van der Waals surface area contributed by atoms with Gasteiger partial charge in [0.1, 0.15) is 0 Å². The van der Waals surface area contributed by atoms with Crippen molar-refractivity contribution in [3.63, 3.8) is 0 Å². The predicted molar refractivity (Wildman–Crippen MR) is 44.2 cm³/mol. The minimum atomic E-state index is -1.18. The van der Waals surface area contributed by atoms with E-state index in [9.17, 15) is 4.79 Å². The number of rotatable bonds is 0. The summed E-state index contributed by atoms with van der Waals surface area (Å²) < 4.78 is 0.472. The Morgan fingerprint density at radius 3 is 1.67 bits per heavy atom. The van der Waals surface area contributed by atoms with Gasteiger partial charge in [-0.15, -0.1) is 0 Å². The van der Waals surface area contributed by atoms with Gasteiger partial charge in [0.25, 0.3) is 0 Å². The average molecular weight is 286 g/mol. The molecule has 8 heteroatoms. The fraction of sp³-hybridized carbons (Fsp3) is 0. The van der Waals surface area contributed by atoms with Crippen molar-refractivity contribution in [1.82, 2.24) is 3.71 Å². The Bertz CT molecular complexity index is 79.0. The van der Waals surface area contributed by atoms with Crippen molar-refractivity contribution < 1.29 is 27.9 Å². The van der Waals surface area contributed by atoms with E-state index in [1.807, 2.05) is 0 Å². The third-order valence-electron chi connectivity index (χ3n) is 0.171. The molecule has 0 aromatic carbocycles. The van der Waals surface area contributed by atoms with Gasteiger partial charge in [-0.3, -0.25) is 0 Å². The van der Waals surface area contributed by atoms with Crippen molar-refractivity contribution in [2.75, 3.05) is 0 Å². The van der Waals surface area contributed by atoms with E-state index in [-0.39, 0.29) is 13.5 Å². The molecule has 1 N–H and O–H groups in total. The molecule has 3 nitrogen and oxygen atoms in total. The predicted octanol–water partition coefficient (Wildman–Crippen LogP) is 1.03. The van der Waals surface area contributed by atoms with Crippen molar-refractivity contribution in [2.45, 2.75) is 0 Å². The van der Waals surface area contributed by atoms with Gasteiger partial charge in [-0.25, -0.2) is 4.79 Å². The summed E-state index contributed by atoms with van der Waals surface area (Å²) in [5, 5.41) is 7.76. The van der Waals surface area contributed by atoms with E-state index in [4.69, 9.17) is 5.11 Å². The second kappa shape index (κ2) is 12.0. The van der Waals surface area contributed by atoms with Gasteiger partial charge in [0.15, 0.2) is 0 Å². The number of nitrogens with zero attached hydrogens (tertiary/aromatic N) is 1. The zero-order valence-corrected chi connectivity index (χ0v) is 9.47. The quantitative estimate of drug-likeness (QED) is 0.353. The number of amides is 1. The van der Waals surface area contributed by atoms with E-state index < -0.39 is 6.09 Å². The first kappa shape index (κ1) is 16.7. The van der Waals surface area contributed by atoms with E-state index in [2.05, 4.69) is 35.5 Å². The van der Waals surface area contributed by atoms with E-state index in [0.717, 1.165) is 0 Å². The number of thiol groups is 3. The first-order valence-electron chi connectivity index (χ1n) is 1.22. The topological polar surface area (TPSA) is 40.5 Å². The summed E-state index contributed by atoms with van der Waals surface area (Å²) in [6, 6.07) is 0. The van der Waals surface area contributed by atoms with Gasteiger partial charge in [0.2, 0.25) is 0 Å². The molecule has 0 aromatic rings. The summed E-state index contributed by atoms with van der Waals surface area (Å²) in [5.74, 6) is 0. The summed E-state index contributed by atoms with van der Waals surface area (Å²) in [4.78, 5) is 9.47. The van der Waals surface area contributed by atoms with Crippen LogP contribution in [-0.2, 0) is 31.5 Å². The van der Waals surface area contributed by atoms with Crippen molar-refractivity contribution in [3.8, 4) is 0 Å². The Hall–Kier alpha value is 1.23. The van der Waals surface area contributed by atoms with Gasteiger partial charge in [-0.05, 0) is 25.6 Å². The zero-order chi connectivity index (χ0) is 7.15. The van der Waals surface area contributed by atoms with Crippen LogP contribution in [0.1, 0.15) is 0 Å². The fourth-order valence-electron chi connectivity index (χ4n) is 0. The molecule has 1 amide bonds. The molecule has 0 bridgehead atoms. The van der Waals surface area contributed by atoms with Crippen LogP contribution < -0.4 is 0 Å². The average Bonchev–Trinajstić information content (AvgIpc) is 1.72. The SMILES string of the molecule is O=C(O)N(S)S.[SH-].[S]=[Mo]. The summed E-state index contributed by atoms with van der Waals surface area (Å²) in [6.07, 6.45) is -1.18. The van der Waals surface area contributed by atoms with Crippen LogP contribution >= 0.6 is 35.5 Å². The van der Waals surface area contributed by atoms with Crippen LogP contribution in [-0.4, -0.2) is 14.9 Å². The summed E-state index contributed by atoms with van der Waals surface area (Å²) >= 11 is 8.12. The van der Waals surface area contributed by atoms with E-state index in [0.29, 0.717) is 3.71 Å². The molecule has 0 aliphatic carbocycles. The molecule has 0 saturated carbocycles. The summed E-state index contributed by atoms with van der Waals surface area (Å²) in [5.41, 5.74) is 0. The van der Waals surface area contributed by atoms with Crippen LogP contribution in [0.25, 0.3) is 0 Å². The number of hydrogen-bond donors (Lipinski definition) is 3. The van der Waals surface area contributed by atoms with Gasteiger partial charge in [-0.2, -0.15) is 3.71 Å². The molecule has 0 atom stereocenters. The van der Waals surface area contributed by atoms with Crippen LogP contribution in [0.2, 0.25) is 0 Å². The molecular formula is CH4MoNO2S4-. The third kappa shape index (κ3) is 17.6. The van der Waals surface area contributed by atoms with Crippen molar-refractivity contribution in [1.29, 1.82) is 0 Å². The van der Waals surface area contributed by atoms with Gasteiger partial charge in [0.05, 0.1) is 0 Å². The summed E-state index contributed by atoms with van der Waals surface area (Å²) in [7, 11) is 4.09.